The van der Waals surface area contributed by atoms with Gasteiger partial charge in [0.2, 0.25) is 0 Å². The van der Waals surface area contributed by atoms with Crippen molar-refractivity contribution in [2.24, 2.45) is 0 Å². The number of alkyl halides is 1. The van der Waals surface area contributed by atoms with Crippen molar-refractivity contribution in [1.29, 1.82) is 0 Å². The molecule has 3 rings (SSSR count). The van der Waals surface area contributed by atoms with Crippen LogP contribution in [0.3, 0.4) is 0 Å². The first-order valence-corrected chi connectivity index (χ1v) is 7.74. The van der Waals surface area contributed by atoms with E-state index >= 15 is 0 Å². The lowest BCUT2D eigenvalue weighted by atomic mass is 10.1. The van der Waals surface area contributed by atoms with E-state index in [1.807, 2.05) is 48.7 Å². The smallest absolute Gasteiger partial charge is 0.137 e. The zero-order valence-corrected chi connectivity index (χ0v) is 13.8. The van der Waals surface area contributed by atoms with Crippen LogP contribution in [-0.2, 0) is 0 Å². The summed E-state index contributed by atoms with van der Waals surface area (Å²) in [5.41, 5.74) is 4.71. The van der Waals surface area contributed by atoms with Gasteiger partial charge in [0, 0.05) is 11.8 Å². The van der Waals surface area contributed by atoms with Gasteiger partial charge in [-0.05, 0) is 37.6 Å². The Balaban J connectivity index is 2.30. The summed E-state index contributed by atoms with van der Waals surface area (Å²) in [6.45, 7) is 3.98. The van der Waals surface area contributed by atoms with Crippen molar-refractivity contribution in [1.82, 2.24) is 9.38 Å². The molecule has 0 saturated heterocycles. The number of nitrogens with zero attached hydrogens (tertiary/aromatic N) is 2. The first kappa shape index (κ1) is 14.7. The molecule has 1 aromatic carbocycles. The molecular weight excluding hydrogens is 327 g/mol. The van der Waals surface area contributed by atoms with Crippen molar-refractivity contribution in [3.63, 3.8) is 0 Å². The SMILES string of the molecule is Cc1ccc2nc(-c3ccc(Cl)c(Cl)c3)c(C(C)Cl)n2c1. The fraction of sp³-hybridized carbons (Fsp3) is 0.188. The lowest BCUT2D eigenvalue weighted by molar-refractivity contribution is 0.960. The maximum absolute atomic E-state index is 6.38. The van der Waals surface area contributed by atoms with Crippen LogP contribution in [0.1, 0.15) is 23.6 Å². The third-order valence-corrected chi connectivity index (χ3v) is 4.32. The van der Waals surface area contributed by atoms with Crippen LogP contribution >= 0.6 is 34.8 Å². The topological polar surface area (TPSA) is 17.3 Å². The molecule has 0 bridgehead atoms. The highest BCUT2D eigenvalue weighted by Crippen LogP contribution is 2.34. The van der Waals surface area contributed by atoms with Crippen LogP contribution in [0.4, 0.5) is 0 Å². The summed E-state index contributed by atoms with van der Waals surface area (Å²) in [7, 11) is 0. The molecule has 0 spiro atoms. The first-order valence-electron chi connectivity index (χ1n) is 6.55. The molecule has 2 aromatic heterocycles. The maximum Gasteiger partial charge on any atom is 0.137 e. The summed E-state index contributed by atoms with van der Waals surface area (Å²) in [6, 6.07) is 9.52. The normalized spacial score (nSPS) is 12.8. The number of aromatic nitrogens is 2. The van der Waals surface area contributed by atoms with E-state index in [2.05, 4.69) is 0 Å². The number of hydrogen-bond acceptors (Lipinski definition) is 1. The minimum absolute atomic E-state index is 0.175. The second-order valence-electron chi connectivity index (χ2n) is 5.03. The molecular formula is C16H13Cl3N2. The second-order valence-corrected chi connectivity index (χ2v) is 6.49. The van der Waals surface area contributed by atoms with Crippen LogP contribution in [-0.4, -0.2) is 9.38 Å². The zero-order chi connectivity index (χ0) is 15.1. The molecule has 1 unspecified atom stereocenters. The average molecular weight is 340 g/mol. The van der Waals surface area contributed by atoms with E-state index in [4.69, 9.17) is 39.8 Å². The first-order chi connectivity index (χ1) is 9.97. The molecule has 0 aliphatic rings. The Hall–Kier alpha value is -1.22. The van der Waals surface area contributed by atoms with Gasteiger partial charge in [-0.25, -0.2) is 4.98 Å². The molecule has 21 heavy (non-hydrogen) atoms. The van der Waals surface area contributed by atoms with Gasteiger partial charge in [-0.15, -0.1) is 11.6 Å². The molecule has 0 aliphatic heterocycles. The number of aryl methyl sites for hydroxylation is 1. The quantitative estimate of drug-likeness (QED) is 0.530. The van der Waals surface area contributed by atoms with Gasteiger partial charge in [-0.1, -0.05) is 35.3 Å². The predicted molar refractivity (Wildman–Crippen MR) is 89.7 cm³/mol. The highest BCUT2D eigenvalue weighted by atomic mass is 35.5. The third-order valence-electron chi connectivity index (χ3n) is 3.37. The van der Waals surface area contributed by atoms with Crippen molar-refractivity contribution >= 4 is 40.4 Å². The van der Waals surface area contributed by atoms with E-state index in [1.165, 1.54) is 0 Å². The number of hydrogen-bond donors (Lipinski definition) is 0. The molecule has 0 amide bonds. The Morgan fingerprint density at radius 3 is 2.52 bits per heavy atom. The fourth-order valence-corrected chi connectivity index (χ4v) is 2.91. The van der Waals surface area contributed by atoms with Crippen molar-refractivity contribution in [2.45, 2.75) is 19.2 Å². The van der Waals surface area contributed by atoms with E-state index in [0.29, 0.717) is 10.0 Å². The zero-order valence-electron chi connectivity index (χ0n) is 11.6. The molecule has 5 heteroatoms. The van der Waals surface area contributed by atoms with Gasteiger partial charge in [0.05, 0.1) is 26.8 Å². The fourth-order valence-electron chi connectivity index (χ4n) is 2.41. The van der Waals surface area contributed by atoms with E-state index < -0.39 is 0 Å². The highest BCUT2D eigenvalue weighted by Gasteiger charge is 2.18. The van der Waals surface area contributed by atoms with Gasteiger partial charge in [0.25, 0.3) is 0 Å². The van der Waals surface area contributed by atoms with Gasteiger partial charge in [0.1, 0.15) is 5.65 Å². The number of fused-ring (bicyclic) bond motifs is 1. The van der Waals surface area contributed by atoms with Crippen LogP contribution in [0.5, 0.6) is 0 Å². The molecule has 0 saturated carbocycles. The van der Waals surface area contributed by atoms with Gasteiger partial charge in [-0.2, -0.15) is 0 Å². The summed E-state index contributed by atoms with van der Waals surface area (Å²) in [5.74, 6) is 0. The highest BCUT2D eigenvalue weighted by molar-refractivity contribution is 6.42. The molecule has 3 aromatic rings. The minimum Gasteiger partial charge on any atom is -0.302 e. The van der Waals surface area contributed by atoms with Crippen LogP contribution in [0, 0.1) is 6.92 Å². The van der Waals surface area contributed by atoms with Gasteiger partial charge in [0.15, 0.2) is 0 Å². The minimum atomic E-state index is -0.175. The molecule has 2 nitrogen and oxygen atoms in total. The standard InChI is InChI=1S/C16H13Cl3N2/c1-9-3-6-14-20-15(16(10(2)17)21(14)8-9)11-4-5-12(18)13(19)7-11/h3-8,10H,1-2H3. The Kier molecular flexibility index (Phi) is 3.87. The van der Waals surface area contributed by atoms with Crippen LogP contribution in [0.25, 0.3) is 16.9 Å². The summed E-state index contributed by atoms with van der Waals surface area (Å²) in [5, 5.41) is 0.863. The van der Waals surface area contributed by atoms with Crippen LogP contribution in [0.2, 0.25) is 10.0 Å². The molecule has 2 heterocycles. The second kappa shape index (κ2) is 5.53. The Labute approximate surface area is 138 Å². The number of benzene rings is 1. The van der Waals surface area contributed by atoms with Gasteiger partial charge < -0.3 is 4.40 Å². The maximum atomic E-state index is 6.38. The monoisotopic (exact) mass is 338 g/mol. The molecule has 0 fully saturated rings. The van der Waals surface area contributed by atoms with E-state index in [9.17, 15) is 0 Å². The summed E-state index contributed by atoms with van der Waals surface area (Å²) < 4.78 is 2.03. The Bertz CT molecular complexity index is 822. The average Bonchev–Trinajstić information content (AvgIpc) is 2.80. The van der Waals surface area contributed by atoms with Crippen molar-refractivity contribution in [3.05, 3.63) is 57.8 Å². The number of imidazole rings is 1. The Morgan fingerprint density at radius 1 is 1.10 bits per heavy atom. The van der Waals surface area contributed by atoms with Crippen molar-refractivity contribution in [2.75, 3.05) is 0 Å². The summed E-state index contributed by atoms with van der Waals surface area (Å²) >= 11 is 18.5. The van der Waals surface area contributed by atoms with Crippen LogP contribution < -0.4 is 0 Å². The molecule has 108 valence electrons. The van der Waals surface area contributed by atoms with Gasteiger partial charge in [-0.3, -0.25) is 0 Å². The van der Waals surface area contributed by atoms with E-state index in [-0.39, 0.29) is 5.38 Å². The van der Waals surface area contributed by atoms with E-state index in [1.54, 1.807) is 6.07 Å². The van der Waals surface area contributed by atoms with Crippen molar-refractivity contribution in [3.8, 4) is 11.3 Å². The molecule has 0 radical (unpaired) electrons. The number of rotatable bonds is 2. The Morgan fingerprint density at radius 2 is 1.86 bits per heavy atom. The molecule has 1 atom stereocenters. The third kappa shape index (κ3) is 2.64. The lowest BCUT2D eigenvalue weighted by Gasteiger charge is -2.08. The van der Waals surface area contributed by atoms with Crippen molar-refractivity contribution < 1.29 is 0 Å². The molecule has 0 aliphatic carbocycles. The lowest BCUT2D eigenvalue weighted by Crippen LogP contribution is -1.96. The summed E-state index contributed by atoms with van der Waals surface area (Å²) in [6.07, 6.45) is 2.04. The summed E-state index contributed by atoms with van der Waals surface area (Å²) in [4.78, 5) is 4.69. The largest absolute Gasteiger partial charge is 0.302 e. The van der Waals surface area contributed by atoms with E-state index in [0.717, 1.165) is 28.2 Å². The van der Waals surface area contributed by atoms with Gasteiger partial charge >= 0.3 is 0 Å². The van der Waals surface area contributed by atoms with Crippen LogP contribution in [0.15, 0.2) is 36.5 Å². The predicted octanol–water partition coefficient (Wildman–Crippen LogP) is 5.92. The number of halogens is 3. The number of pyridine rings is 1. The molecule has 0 N–H and O–H groups in total.